The molecule has 0 bridgehead atoms. The van der Waals surface area contributed by atoms with Crippen molar-refractivity contribution in [2.75, 3.05) is 31.6 Å². The van der Waals surface area contributed by atoms with Gasteiger partial charge in [0.1, 0.15) is 0 Å². The third-order valence-electron chi connectivity index (χ3n) is 2.66. The van der Waals surface area contributed by atoms with E-state index in [0.29, 0.717) is 12.6 Å². The van der Waals surface area contributed by atoms with Gasteiger partial charge in [-0.15, -0.1) is 0 Å². The zero-order valence-corrected chi connectivity index (χ0v) is 12.7. The van der Waals surface area contributed by atoms with Gasteiger partial charge in [0.2, 0.25) is 11.2 Å². The van der Waals surface area contributed by atoms with Gasteiger partial charge in [-0.2, -0.15) is 15.0 Å². The number of hydrogen-bond acceptors (Lipinski definition) is 6. The van der Waals surface area contributed by atoms with Crippen LogP contribution in [-0.2, 0) is 0 Å². The Morgan fingerprint density at radius 2 is 1.89 bits per heavy atom. The lowest BCUT2D eigenvalue weighted by Crippen LogP contribution is -2.35. The van der Waals surface area contributed by atoms with Gasteiger partial charge in [-0.25, -0.2) is 0 Å². The molecule has 0 saturated carbocycles. The van der Waals surface area contributed by atoms with E-state index in [4.69, 9.17) is 16.3 Å². The molecule has 0 saturated heterocycles. The highest BCUT2D eigenvalue weighted by Gasteiger charge is 2.11. The molecule has 7 heteroatoms. The van der Waals surface area contributed by atoms with E-state index in [2.05, 4.69) is 45.9 Å². The highest BCUT2D eigenvalue weighted by Crippen LogP contribution is 2.12. The lowest BCUT2D eigenvalue weighted by Gasteiger charge is -2.23. The Bertz CT molecular complexity index is 386. The van der Waals surface area contributed by atoms with Crippen LogP contribution in [0.25, 0.3) is 0 Å². The normalized spacial score (nSPS) is 12.5. The number of nitrogens with zero attached hydrogens (tertiary/aromatic N) is 4. The fourth-order valence-electron chi connectivity index (χ4n) is 1.73. The van der Waals surface area contributed by atoms with E-state index in [1.165, 1.54) is 0 Å². The number of nitrogens with one attached hydrogen (secondary N) is 1. The second-order valence-electron chi connectivity index (χ2n) is 4.17. The minimum atomic E-state index is 0.135. The summed E-state index contributed by atoms with van der Waals surface area (Å²) in [5, 5.41) is 3.35. The number of aromatic nitrogens is 3. The number of likely N-dealkylation sites (N-methyl/N-ethyl adjacent to an activating group) is 1. The molecule has 108 valence electrons. The quantitative estimate of drug-likeness (QED) is 0.790. The first-order valence-corrected chi connectivity index (χ1v) is 7.00. The summed E-state index contributed by atoms with van der Waals surface area (Å²) >= 11 is 5.84. The molecule has 1 aromatic heterocycles. The van der Waals surface area contributed by atoms with Gasteiger partial charge in [0.05, 0.1) is 6.61 Å². The van der Waals surface area contributed by atoms with E-state index in [9.17, 15) is 0 Å². The SMILES string of the molecule is CCOc1nc(Cl)nc(NC(C)CN(CC)CC)n1. The summed E-state index contributed by atoms with van der Waals surface area (Å²) in [6.07, 6.45) is 0. The molecule has 0 aliphatic carbocycles. The van der Waals surface area contributed by atoms with Crippen LogP contribution >= 0.6 is 11.6 Å². The van der Waals surface area contributed by atoms with Crippen molar-refractivity contribution in [3.63, 3.8) is 0 Å². The second kappa shape index (κ2) is 8.12. The molecule has 19 heavy (non-hydrogen) atoms. The maximum absolute atomic E-state index is 5.84. The molecule has 0 fully saturated rings. The molecule has 0 spiro atoms. The van der Waals surface area contributed by atoms with Crippen LogP contribution in [0, 0.1) is 0 Å². The molecule has 0 aromatic carbocycles. The van der Waals surface area contributed by atoms with Crippen molar-refractivity contribution in [2.45, 2.75) is 33.7 Å². The number of halogens is 1. The Morgan fingerprint density at radius 3 is 2.47 bits per heavy atom. The molecule has 1 unspecified atom stereocenters. The van der Waals surface area contributed by atoms with Crippen LogP contribution in [0.4, 0.5) is 5.95 Å². The average molecular weight is 288 g/mol. The van der Waals surface area contributed by atoms with Crippen molar-refractivity contribution in [1.82, 2.24) is 19.9 Å². The van der Waals surface area contributed by atoms with Gasteiger partial charge < -0.3 is 15.0 Å². The highest BCUT2D eigenvalue weighted by molar-refractivity contribution is 6.28. The first-order chi connectivity index (χ1) is 9.08. The molecular weight excluding hydrogens is 266 g/mol. The van der Waals surface area contributed by atoms with Crippen molar-refractivity contribution in [3.8, 4) is 6.01 Å². The molecule has 0 amide bonds. The average Bonchev–Trinajstić information content (AvgIpc) is 2.35. The lowest BCUT2D eigenvalue weighted by atomic mass is 10.3. The van der Waals surface area contributed by atoms with Gasteiger partial charge in [-0.05, 0) is 38.5 Å². The summed E-state index contributed by atoms with van der Waals surface area (Å²) in [7, 11) is 0. The van der Waals surface area contributed by atoms with E-state index in [1.807, 2.05) is 6.92 Å². The maximum Gasteiger partial charge on any atom is 0.322 e. The van der Waals surface area contributed by atoms with Crippen LogP contribution in [0.1, 0.15) is 27.7 Å². The van der Waals surface area contributed by atoms with E-state index in [0.717, 1.165) is 19.6 Å². The Hall–Kier alpha value is -1.14. The summed E-state index contributed by atoms with van der Waals surface area (Å²) in [5.74, 6) is 0.447. The van der Waals surface area contributed by atoms with E-state index in [-0.39, 0.29) is 17.3 Å². The van der Waals surface area contributed by atoms with Crippen molar-refractivity contribution in [2.24, 2.45) is 0 Å². The van der Waals surface area contributed by atoms with Crippen LogP contribution in [0.3, 0.4) is 0 Å². The zero-order chi connectivity index (χ0) is 14.3. The maximum atomic E-state index is 5.84. The molecule has 0 aliphatic rings. The molecule has 1 aromatic rings. The fourth-order valence-corrected chi connectivity index (χ4v) is 1.88. The molecule has 1 heterocycles. The molecule has 0 radical (unpaired) electrons. The summed E-state index contributed by atoms with van der Waals surface area (Å²) in [6, 6.07) is 0.466. The van der Waals surface area contributed by atoms with Crippen molar-refractivity contribution < 1.29 is 4.74 Å². The molecule has 1 atom stereocenters. The Morgan fingerprint density at radius 1 is 1.21 bits per heavy atom. The summed E-state index contributed by atoms with van der Waals surface area (Å²) in [4.78, 5) is 14.4. The number of ether oxygens (including phenoxy) is 1. The van der Waals surface area contributed by atoms with Crippen molar-refractivity contribution in [3.05, 3.63) is 5.28 Å². The standard InChI is InChI=1S/C12H22ClN5O/c1-5-18(6-2)8-9(4)14-11-15-10(13)16-12(17-11)19-7-3/h9H,5-8H2,1-4H3,(H,14,15,16,17). The zero-order valence-electron chi connectivity index (χ0n) is 12.0. The smallest absolute Gasteiger partial charge is 0.322 e. The Labute approximate surface area is 119 Å². The molecule has 0 aliphatic heterocycles. The molecule has 6 nitrogen and oxygen atoms in total. The topological polar surface area (TPSA) is 63.2 Å². The number of anilines is 1. The van der Waals surface area contributed by atoms with Gasteiger partial charge in [0.25, 0.3) is 0 Å². The van der Waals surface area contributed by atoms with Crippen LogP contribution in [0.2, 0.25) is 5.28 Å². The van der Waals surface area contributed by atoms with E-state index < -0.39 is 0 Å². The van der Waals surface area contributed by atoms with Crippen LogP contribution in [0.5, 0.6) is 6.01 Å². The van der Waals surface area contributed by atoms with Gasteiger partial charge in [-0.1, -0.05) is 13.8 Å². The molecule has 1 rings (SSSR count). The summed E-state index contributed by atoms with van der Waals surface area (Å²) in [5.41, 5.74) is 0. The summed E-state index contributed by atoms with van der Waals surface area (Å²) in [6.45, 7) is 11.7. The predicted molar refractivity (Wildman–Crippen MR) is 76.9 cm³/mol. The largest absolute Gasteiger partial charge is 0.464 e. The monoisotopic (exact) mass is 287 g/mol. The minimum absolute atomic E-state index is 0.135. The summed E-state index contributed by atoms with van der Waals surface area (Å²) < 4.78 is 5.24. The van der Waals surface area contributed by atoms with Gasteiger partial charge in [0, 0.05) is 12.6 Å². The number of hydrogen-bond donors (Lipinski definition) is 1. The third kappa shape index (κ3) is 5.57. The predicted octanol–water partition coefficient (Wildman–Crippen LogP) is 2.07. The Kier molecular flexibility index (Phi) is 6.80. The minimum Gasteiger partial charge on any atom is -0.464 e. The van der Waals surface area contributed by atoms with Crippen LogP contribution in [0.15, 0.2) is 0 Å². The van der Waals surface area contributed by atoms with Crippen LogP contribution < -0.4 is 10.1 Å². The van der Waals surface area contributed by atoms with Crippen molar-refractivity contribution in [1.29, 1.82) is 0 Å². The van der Waals surface area contributed by atoms with E-state index >= 15 is 0 Å². The van der Waals surface area contributed by atoms with Gasteiger partial charge in [-0.3, -0.25) is 0 Å². The van der Waals surface area contributed by atoms with Gasteiger partial charge in [0.15, 0.2) is 0 Å². The fraction of sp³-hybridized carbons (Fsp3) is 0.750. The molecular formula is C12H22ClN5O. The first-order valence-electron chi connectivity index (χ1n) is 6.62. The second-order valence-corrected chi connectivity index (χ2v) is 4.51. The molecule has 1 N–H and O–H groups in total. The lowest BCUT2D eigenvalue weighted by molar-refractivity contribution is 0.293. The number of rotatable bonds is 8. The van der Waals surface area contributed by atoms with Crippen molar-refractivity contribution >= 4 is 17.5 Å². The van der Waals surface area contributed by atoms with Crippen LogP contribution in [-0.4, -0.2) is 52.1 Å². The van der Waals surface area contributed by atoms with E-state index in [1.54, 1.807) is 0 Å². The highest BCUT2D eigenvalue weighted by atomic mass is 35.5. The third-order valence-corrected chi connectivity index (χ3v) is 2.83. The van der Waals surface area contributed by atoms with Gasteiger partial charge >= 0.3 is 6.01 Å². The first kappa shape index (κ1) is 15.9. The Balaban J connectivity index is 2.65.